The largest absolute Gasteiger partial charge is 0.490 e. The first-order chi connectivity index (χ1) is 21.0. The summed E-state index contributed by atoms with van der Waals surface area (Å²) in [7, 11) is 1.30. The van der Waals surface area contributed by atoms with Gasteiger partial charge in [-0.05, 0) is 75.4 Å². The number of nitrogens with zero attached hydrogens (tertiary/aromatic N) is 3. The number of aromatic nitrogens is 3. The molecule has 0 atom stereocenters. The van der Waals surface area contributed by atoms with Crippen LogP contribution in [0.15, 0.2) is 61.2 Å². The zero-order valence-electron chi connectivity index (χ0n) is 24.8. The van der Waals surface area contributed by atoms with Crippen molar-refractivity contribution in [3.63, 3.8) is 0 Å². The summed E-state index contributed by atoms with van der Waals surface area (Å²) in [6.45, 7) is 3.44. The summed E-state index contributed by atoms with van der Waals surface area (Å²) in [4.78, 5) is 41.4. The van der Waals surface area contributed by atoms with Gasteiger partial charge >= 0.3 is 5.97 Å². The van der Waals surface area contributed by atoms with Crippen LogP contribution < -0.4 is 20.5 Å². The van der Waals surface area contributed by atoms with E-state index >= 15 is 0 Å². The smallest absolute Gasteiger partial charge is 0.339 e. The van der Waals surface area contributed by atoms with Crippen molar-refractivity contribution in [1.29, 1.82) is 0 Å². The van der Waals surface area contributed by atoms with Gasteiger partial charge in [0.25, 0.3) is 11.8 Å². The van der Waals surface area contributed by atoms with Gasteiger partial charge in [0, 0.05) is 24.0 Å². The Bertz CT molecular complexity index is 1690. The van der Waals surface area contributed by atoms with Gasteiger partial charge in [0.2, 0.25) is 0 Å². The fourth-order valence-corrected chi connectivity index (χ4v) is 5.08. The number of aliphatic hydroxyl groups is 1. The second kappa shape index (κ2) is 12.7. The van der Waals surface area contributed by atoms with Crippen LogP contribution >= 0.6 is 0 Å². The van der Waals surface area contributed by atoms with Crippen LogP contribution in [0.2, 0.25) is 0 Å². The van der Waals surface area contributed by atoms with Gasteiger partial charge in [-0.3, -0.25) is 14.6 Å². The van der Waals surface area contributed by atoms with E-state index in [0.717, 1.165) is 0 Å². The van der Waals surface area contributed by atoms with Gasteiger partial charge in [-0.25, -0.2) is 9.31 Å². The minimum atomic E-state index is -0.973. The molecule has 5 rings (SSSR count). The summed E-state index contributed by atoms with van der Waals surface area (Å²) in [6, 6.07) is 10.1. The number of primary amides is 1. The maximum atomic E-state index is 13.1. The molecule has 1 aliphatic rings. The molecule has 230 valence electrons. The number of amides is 2. The number of hydrogen-bond donors (Lipinski definition) is 3. The molecular weight excluding hydrogens is 566 g/mol. The van der Waals surface area contributed by atoms with Gasteiger partial charge in [-0.2, -0.15) is 5.10 Å². The van der Waals surface area contributed by atoms with Crippen molar-refractivity contribution >= 4 is 23.3 Å². The maximum Gasteiger partial charge on any atom is 0.339 e. The van der Waals surface area contributed by atoms with Crippen molar-refractivity contribution in [1.82, 2.24) is 19.9 Å². The molecule has 3 aromatic heterocycles. The molecule has 1 fully saturated rings. The number of esters is 1. The first kappa shape index (κ1) is 30.5. The van der Waals surface area contributed by atoms with Gasteiger partial charge in [0.05, 0.1) is 53.4 Å². The summed E-state index contributed by atoms with van der Waals surface area (Å²) in [5, 5.41) is 17.3. The lowest BCUT2D eigenvalue weighted by atomic mass is 9.92. The molecule has 44 heavy (non-hydrogen) atoms. The van der Waals surface area contributed by atoms with E-state index in [-0.39, 0.29) is 30.2 Å². The monoisotopic (exact) mass is 601 g/mol. The molecule has 2 amide bonds. The highest BCUT2D eigenvalue weighted by atomic mass is 16.5. The fraction of sp³-hybridized carbons (Fsp3) is 0.344. The molecule has 1 aliphatic carbocycles. The van der Waals surface area contributed by atoms with E-state index in [0.29, 0.717) is 65.0 Å². The average Bonchev–Trinajstić information content (AvgIpc) is 3.44. The number of methoxy groups -OCH3 is 1. The fourth-order valence-electron chi connectivity index (χ4n) is 5.08. The molecular formula is C32H35N5O7. The van der Waals surface area contributed by atoms with Crippen LogP contribution in [-0.2, 0) is 4.74 Å². The van der Waals surface area contributed by atoms with Gasteiger partial charge in [-0.15, -0.1) is 0 Å². The molecule has 4 aromatic rings. The van der Waals surface area contributed by atoms with Crippen molar-refractivity contribution in [2.45, 2.75) is 57.3 Å². The summed E-state index contributed by atoms with van der Waals surface area (Å²) >= 11 is 0. The Kier molecular flexibility index (Phi) is 8.81. The number of carbonyl (C=O) groups is 3. The Labute approximate surface area is 254 Å². The van der Waals surface area contributed by atoms with Gasteiger partial charge in [0.1, 0.15) is 18.1 Å². The molecule has 0 radical (unpaired) electrons. The number of pyridine rings is 2. The topological polar surface area (TPSA) is 167 Å². The zero-order valence-corrected chi connectivity index (χ0v) is 24.8. The molecule has 0 aliphatic heterocycles. The molecule has 12 heteroatoms. The maximum absolute atomic E-state index is 13.1. The van der Waals surface area contributed by atoms with E-state index in [9.17, 15) is 19.5 Å². The predicted octanol–water partition coefficient (Wildman–Crippen LogP) is 3.55. The number of rotatable bonds is 10. The zero-order chi connectivity index (χ0) is 31.4. The lowest BCUT2D eigenvalue weighted by Gasteiger charge is -2.30. The van der Waals surface area contributed by atoms with Crippen LogP contribution in [0.4, 0.5) is 0 Å². The molecule has 12 nitrogen and oxygen atoms in total. The molecule has 1 saturated carbocycles. The first-order valence-corrected chi connectivity index (χ1v) is 14.3. The van der Waals surface area contributed by atoms with Crippen LogP contribution in [-0.4, -0.2) is 69.0 Å². The van der Waals surface area contributed by atoms with E-state index < -0.39 is 17.5 Å². The highest BCUT2D eigenvalue weighted by Gasteiger charge is 2.26. The Morgan fingerprint density at radius 3 is 2.50 bits per heavy atom. The number of nitrogens with two attached hydrogens (primary N) is 1. The number of nitrogens with one attached hydrogen (secondary N) is 1. The lowest BCUT2D eigenvalue weighted by molar-refractivity contribution is 0.0283. The van der Waals surface area contributed by atoms with Gasteiger partial charge in [0.15, 0.2) is 0 Å². The third kappa shape index (κ3) is 7.14. The Balaban J connectivity index is 1.21. The first-order valence-electron chi connectivity index (χ1n) is 14.3. The average molecular weight is 602 g/mol. The number of ether oxygens (including phenoxy) is 3. The number of fused-ring (bicyclic) bond motifs is 1. The number of carbonyl (C=O) groups excluding carboxylic acids is 3. The molecule has 4 N–H and O–H groups in total. The van der Waals surface area contributed by atoms with E-state index in [1.807, 2.05) is 0 Å². The summed E-state index contributed by atoms with van der Waals surface area (Å²) in [5.41, 5.74) is 7.66. The number of benzene rings is 1. The summed E-state index contributed by atoms with van der Waals surface area (Å²) in [5.74, 6) is -0.455. The standard InChI is InChI=1S/C32H35N5O7/c1-32(2,41)18-43-24-9-11-27-26(16-35-37(27)17-24)30(39)36-22-5-7-23(8-6-22)44-28-13-19(4-10-25(28)29(33)38)20-12-21(15-34-14-20)31(40)42-3/h4,9-17,22-23,41H,5-8,18H2,1-3H3,(H2,33,38)(H,36,39). The highest BCUT2D eigenvalue weighted by molar-refractivity contribution is 6.00. The Hall–Kier alpha value is -4.97. The van der Waals surface area contributed by atoms with Crippen molar-refractivity contribution in [2.24, 2.45) is 5.73 Å². The lowest BCUT2D eigenvalue weighted by Crippen LogP contribution is -2.39. The second-order valence-corrected chi connectivity index (χ2v) is 11.4. The molecule has 0 spiro atoms. The second-order valence-electron chi connectivity index (χ2n) is 11.4. The molecule has 0 bridgehead atoms. The molecule has 0 unspecified atom stereocenters. The number of hydrogen-bond acceptors (Lipinski definition) is 9. The summed E-state index contributed by atoms with van der Waals surface area (Å²) in [6.07, 6.45) is 8.71. The van der Waals surface area contributed by atoms with Crippen molar-refractivity contribution < 1.29 is 33.7 Å². The van der Waals surface area contributed by atoms with Crippen LogP contribution in [0.1, 0.15) is 70.6 Å². The van der Waals surface area contributed by atoms with Crippen LogP contribution in [0.25, 0.3) is 16.6 Å². The predicted molar refractivity (Wildman–Crippen MR) is 161 cm³/mol. The van der Waals surface area contributed by atoms with Crippen LogP contribution in [0.3, 0.4) is 0 Å². The highest BCUT2D eigenvalue weighted by Crippen LogP contribution is 2.31. The normalized spacial score (nSPS) is 16.7. The van der Waals surface area contributed by atoms with E-state index in [1.165, 1.54) is 19.5 Å². The van der Waals surface area contributed by atoms with Crippen molar-refractivity contribution in [3.05, 3.63) is 77.9 Å². The minimum Gasteiger partial charge on any atom is -0.490 e. The molecule has 0 saturated heterocycles. The third-order valence-electron chi connectivity index (χ3n) is 7.37. The third-order valence-corrected chi connectivity index (χ3v) is 7.37. The van der Waals surface area contributed by atoms with Gasteiger partial charge in [-0.1, -0.05) is 6.07 Å². The minimum absolute atomic E-state index is 0.0548. The van der Waals surface area contributed by atoms with E-state index in [1.54, 1.807) is 67.2 Å². The summed E-state index contributed by atoms with van der Waals surface area (Å²) < 4.78 is 18.3. The van der Waals surface area contributed by atoms with E-state index in [2.05, 4.69) is 15.4 Å². The molecule has 1 aromatic carbocycles. The molecule has 3 heterocycles. The Morgan fingerprint density at radius 2 is 1.80 bits per heavy atom. The van der Waals surface area contributed by atoms with Crippen LogP contribution in [0, 0.1) is 0 Å². The SMILES string of the molecule is COC(=O)c1cncc(-c2ccc(C(N)=O)c(OC3CCC(NC(=O)c4cnn5cc(OCC(C)(C)O)ccc45)CC3)c2)c1. The van der Waals surface area contributed by atoms with Gasteiger partial charge < -0.3 is 30.4 Å². The van der Waals surface area contributed by atoms with Crippen LogP contribution in [0.5, 0.6) is 11.5 Å². The Morgan fingerprint density at radius 1 is 1.02 bits per heavy atom. The quantitative estimate of drug-likeness (QED) is 0.230. The van der Waals surface area contributed by atoms with Crippen molar-refractivity contribution in [2.75, 3.05) is 13.7 Å². The van der Waals surface area contributed by atoms with E-state index in [4.69, 9.17) is 19.9 Å². The van der Waals surface area contributed by atoms with Crippen molar-refractivity contribution in [3.8, 4) is 22.6 Å².